The van der Waals surface area contributed by atoms with Crippen LogP contribution >= 0.6 is 0 Å². The summed E-state index contributed by atoms with van der Waals surface area (Å²) in [5, 5.41) is 0. The first-order valence-electron chi connectivity index (χ1n) is 8.10. The van der Waals surface area contributed by atoms with Crippen LogP contribution in [0.3, 0.4) is 0 Å². The Balaban J connectivity index is 0.000000364. The zero-order chi connectivity index (χ0) is 14.8. The second kappa shape index (κ2) is 11.8. The Morgan fingerprint density at radius 1 is 0.762 bits per heavy atom. The minimum absolute atomic E-state index is 0. The van der Waals surface area contributed by atoms with Gasteiger partial charge in [-0.15, -0.1) is 0 Å². The van der Waals surface area contributed by atoms with Crippen LogP contribution in [0.15, 0.2) is 36.4 Å². The van der Waals surface area contributed by atoms with E-state index in [-0.39, 0.29) is 17.4 Å². The molecule has 0 aliphatic rings. The first-order valence-corrected chi connectivity index (χ1v) is 8.10. The second-order valence-corrected chi connectivity index (χ2v) is 5.80. The Bertz CT molecular complexity index is 417. The molecule has 0 fully saturated rings. The van der Waals surface area contributed by atoms with Gasteiger partial charge in [-0.1, -0.05) is 66.2 Å². The van der Waals surface area contributed by atoms with E-state index in [1.165, 1.54) is 60.8 Å². The molecule has 0 saturated carbocycles. The topological polar surface area (TPSA) is 0 Å². The fourth-order valence-electron chi connectivity index (χ4n) is 2.33. The number of hydrogen-bond acceptors (Lipinski definition) is 0. The summed E-state index contributed by atoms with van der Waals surface area (Å²) in [5.41, 5.74) is 5.79. The minimum atomic E-state index is 0. The molecule has 0 aromatic heterocycles. The maximum atomic E-state index is 2.27. The molecule has 2 aromatic carbocycles. The van der Waals surface area contributed by atoms with Gasteiger partial charge in [0.05, 0.1) is 0 Å². The summed E-state index contributed by atoms with van der Waals surface area (Å²) in [7, 11) is 0. The van der Waals surface area contributed by atoms with Crippen LogP contribution in [0.1, 0.15) is 61.8 Å². The van der Waals surface area contributed by atoms with Crippen LogP contribution < -0.4 is 0 Å². The van der Waals surface area contributed by atoms with E-state index in [0.29, 0.717) is 0 Å². The van der Waals surface area contributed by atoms with Gasteiger partial charge in [0.2, 0.25) is 0 Å². The van der Waals surface area contributed by atoms with Crippen molar-refractivity contribution in [2.24, 2.45) is 0 Å². The van der Waals surface area contributed by atoms with Crippen LogP contribution in [0.2, 0.25) is 0 Å². The number of hydrogen-bond donors (Lipinski definition) is 0. The molecule has 0 bridgehead atoms. The van der Waals surface area contributed by atoms with Gasteiger partial charge in [0, 0.05) is 0 Å². The second-order valence-electron chi connectivity index (χ2n) is 5.80. The molecule has 2 aromatic rings. The Morgan fingerprint density at radius 2 is 1.14 bits per heavy atom. The van der Waals surface area contributed by atoms with E-state index in [2.05, 4.69) is 64.1 Å². The molecule has 0 aliphatic carbocycles. The van der Waals surface area contributed by atoms with Crippen LogP contribution in [0.4, 0.5) is 0 Å². The van der Waals surface area contributed by atoms with Gasteiger partial charge in [-0.2, -0.15) is 35.4 Å². The molecule has 0 spiro atoms. The van der Waals surface area contributed by atoms with E-state index >= 15 is 0 Å². The molecule has 0 nitrogen and oxygen atoms in total. The molecule has 0 aliphatic heterocycles. The summed E-state index contributed by atoms with van der Waals surface area (Å²) in [5.74, 6) is 0. The van der Waals surface area contributed by atoms with Crippen LogP contribution in [-0.4, -0.2) is 0 Å². The maximum absolute atomic E-state index is 2.27. The Kier molecular flexibility index (Phi) is 11.4. The smallest absolute Gasteiger partial charge is 0.211 e. The van der Waals surface area contributed by atoms with Crippen molar-refractivity contribution in [1.29, 1.82) is 0 Å². The zero-order valence-electron chi connectivity index (χ0n) is 14.1. The largest absolute Gasteiger partial charge is 2.00 e. The van der Waals surface area contributed by atoms with Crippen molar-refractivity contribution < 1.29 is 17.4 Å². The predicted octanol–water partition coefficient (Wildman–Crippen LogP) is 6.11. The van der Waals surface area contributed by atoms with Gasteiger partial charge >= 0.3 is 17.4 Å². The zero-order valence-corrected chi connectivity index (χ0v) is 15.4. The van der Waals surface area contributed by atoms with E-state index in [1.807, 2.05) is 0 Å². The SMILES string of the molecule is CCCC[c-]1ccc(C)c1.CCCC[c-]1ccc(C)c1.[Cr+2]. The molecule has 0 unspecified atom stereocenters. The quantitative estimate of drug-likeness (QED) is 0.563. The molecule has 0 amide bonds. The summed E-state index contributed by atoms with van der Waals surface area (Å²) in [6.07, 6.45) is 7.75. The predicted molar refractivity (Wildman–Crippen MR) is 90.8 cm³/mol. The van der Waals surface area contributed by atoms with Crippen molar-refractivity contribution in [1.82, 2.24) is 0 Å². The van der Waals surface area contributed by atoms with Crippen LogP contribution in [-0.2, 0) is 30.2 Å². The van der Waals surface area contributed by atoms with Gasteiger partial charge in [0.15, 0.2) is 0 Å². The van der Waals surface area contributed by atoms with Crippen molar-refractivity contribution >= 4 is 0 Å². The van der Waals surface area contributed by atoms with Gasteiger partial charge in [-0.25, -0.2) is 23.3 Å². The van der Waals surface area contributed by atoms with E-state index in [0.717, 1.165) is 0 Å². The minimum Gasteiger partial charge on any atom is -0.211 e. The molecule has 116 valence electrons. The standard InChI is InChI=1S/2C10H15.Cr/c2*1-3-4-5-10-7-6-9(2)8-10;/h2*6-8H,3-5H2,1-2H3;/q2*-1;+2. The average molecular weight is 322 g/mol. The van der Waals surface area contributed by atoms with Crippen LogP contribution in [0.25, 0.3) is 0 Å². The Labute approximate surface area is 142 Å². The van der Waals surface area contributed by atoms with Crippen molar-refractivity contribution in [2.75, 3.05) is 0 Å². The van der Waals surface area contributed by atoms with Crippen molar-refractivity contribution in [3.8, 4) is 0 Å². The van der Waals surface area contributed by atoms with Gasteiger partial charge in [-0.3, -0.25) is 0 Å². The van der Waals surface area contributed by atoms with E-state index in [4.69, 9.17) is 0 Å². The van der Waals surface area contributed by atoms with E-state index in [1.54, 1.807) is 0 Å². The summed E-state index contributed by atoms with van der Waals surface area (Å²) >= 11 is 0. The summed E-state index contributed by atoms with van der Waals surface area (Å²) in [6.45, 7) is 8.76. The van der Waals surface area contributed by atoms with E-state index in [9.17, 15) is 0 Å². The molecule has 2 rings (SSSR count). The van der Waals surface area contributed by atoms with Gasteiger partial charge in [0.25, 0.3) is 0 Å². The monoisotopic (exact) mass is 322 g/mol. The molecule has 0 saturated heterocycles. The first kappa shape index (κ1) is 20.2. The van der Waals surface area contributed by atoms with E-state index < -0.39 is 0 Å². The van der Waals surface area contributed by atoms with Crippen molar-refractivity contribution in [2.45, 2.75) is 66.2 Å². The third-order valence-corrected chi connectivity index (χ3v) is 3.58. The summed E-state index contributed by atoms with van der Waals surface area (Å²) in [6, 6.07) is 13.4. The van der Waals surface area contributed by atoms with Crippen molar-refractivity contribution in [3.05, 3.63) is 58.7 Å². The van der Waals surface area contributed by atoms with Gasteiger partial charge in [0.1, 0.15) is 0 Å². The number of aryl methyl sites for hydroxylation is 4. The maximum Gasteiger partial charge on any atom is 2.00 e. The number of rotatable bonds is 6. The normalized spacial score (nSPS) is 9.71. The molecule has 0 heterocycles. The van der Waals surface area contributed by atoms with Crippen LogP contribution in [0, 0.1) is 13.8 Å². The molecular weight excluding hydrogens is 292 g/mol. The summed E-state index contributed by atoms with van der Waals surface area (Å²) in [4.78, 5) is 0. The van der Waals surface area contributed by atoms with Gasteiger partial charge < -0.3 is 0 Å². The number of unbranched alkanes of at least 4 members (excludes halogenated alkanes) is 2. The third-order valence-electron chi connectivity index (χ3n) is 3.58. The van der Waals surface area contributed by atoms with Crippen LogP contribution in [0.5, 0.6) is 0 Å². The molecule has 1 heteroatoms. The first-order chi connectivity index (χ1) is 9.65. The molecular formula is C20H30Cr. The third kappa shape index (κ3) is 8.97. The fourth-order valence-corrected chi connectivity index (χ4v) is 2.33. The molecule has 0 N–H and O–H groups in total. The Hall–Kier alpha value is -0.768. The van der Waals surface area contributed by atoms with Gasteiger partial charge in [-0.05, 0) is 0 Å². The molecule has 0 radical (unpaired) electrons. The average Bonchev–Trinajstić information content (AvgIpc) is 3.03. The summed E-state index contributed by atoms with van der Waals surface area (Å²) < 4.78 is 0. The molecule has 0 atom stereocenters. The fraction of sp³-hybridized carbons (Fsp3) is 0.500. The Morgan fingerprint density at radius 3 is 1.38 bits per heavy atom. The van der Waals surface area contributed by atoms with Crippen molar-refractivity contribution in [3.63, 3.8) is 0 Å². The molecule has 21 heavy (non-hydrogen) atoms.